The summed E-state index contributed by atoms with van der Waals surface area (Å²) >= 11 is 3.17. The molecule has 0 bridgehead atoms. The molecule has 4 aromatic rings. The summed E-state index contributed by atoms with van der Waals surface area (Å²) in [5.41, 5.74) is 5.53. The Bertz CT molecular complexity index is 1510. The van der Waals surface area contributed by atoms with Crippen LogP contribution in [0.5, 0.6) is 0 Å². The fourth-order valence-electron chi connectivity index (χ4n) is 4.78. The Hall–Kier alpha value is -4.36. The summed E-state index contributed by atoms with van der Waals surface area (Å²) in [6.45, 7) is 12.6. The molecule has 4 rings (SSSR count). The molecular weight excluding hydrogens is 553 g/mol. The van der Waals surface area contributed by atoms with Gasteiger partial charge in [-0.2, -0.15) is 10.5 Å². The van der Waals surface area contributed by atoms with Crippen molar-refractivity contribution >= 4 is 63.9 Å². The molecule has 0 aliphatic carbocycles. The molecule has 42 heavy (non-hydrogen) atoms. The molecule has 212 valence electrons. The first-order chi connectivity index (χ1) is 20.5. The third-order valence-corrected chi connectivity index (χ3v) is 9.28. The lowest BCUT2D eigenvalue weighted by Gasteiger charge is -2.20. The minimum Gasteiger partial charge on any atom is -0.372 e. The molecule has 0 unspecified atom stereocenters. The third-order valence-electron chi connectivity index (χ3n) is 7.14. The molecule has 0 spiro atoms. The highest BCUT2D eigenvalue weighted by atomic mass is 32.1. The van der Waals surface area contributed by atoms with Gasteiger partial charge in [0.2, 0.25) is 0 Å². The summed E-state index contributed by atoms with van der Waals surface area (Å²) in [5.74, 6) is 0. The van der Waals surface area contributed by atoms with E-state index in [1.165, 1.54) is 11.4 Å². The van der Waals surface area contributed by atoms with Crippen LogP contribution in [-0.2, 0) is 0 Å². The van der Waals surface area contributed by atoms with E-state index in [4.69, 9.17) is 0 Å². The molecule has 0 N–H and O–H groups in total. The van der Waals surface area contributed by atoms with E-state index in [2.05, 4.69) is 122 Å². The van der Waals surface area contributed by atoms with Crippen molar-refractivity contribution in [3.05, 3.63) is 109 Å². The van der Waals surface area contributed by atoms with Gasteiger partial charge in [-0.05, 0) is 99.5 Å². The van der Waals surface area contributed by atoms with E-state index in [-0.39, 0.29) is 5.57 Å². The van der Waals surface area contributed by atoms with Crippen LogP contribution >= 0.6 is 22.7 Å². The van der Waals surface area contributed by atoms with Crippen LogP contribution in [0.4, 0.5) is 11.4 Å². The van der Waals surface area contributed by atoms with Crippen molar-refractivity contribution in [2.45, 2.75) is 27.7 Å². The molecule has 0 aliphatic rings. The van der Waals surface area contributed by atoms with Gasteiger partial charge in [0, 0.05) is 62.6 Å². The van der Waals surface area contributed by atoms with Crippen molar-refractivity contribution in [3.63, 3.8) is 0 Å². The first-order valence-corrected chi connectivity index (χ1v) is 16.0. The summed E-state index contributed by atoms with van der Waals surface area (Å²) in [6.07, 6.45) is 8.38. The SMILES string of the molecule is CCN(CC)c1ccc(/C=C/c2ccc(C(=C(C#N)C#N)c3ccc(/C=C/c4ccc(N(CC)CC)cc4)s3)s2)cc1. The summed E-state index contributed by atoms with van der Waals surface area (Å²) in [6, 6.07) is 29.5. The maximum absolute atomic E-state index is 9.77. The summed E-state index contributed by atoms with van der Waals surface area (Å²) < 4.78 is 0. The predicted octanol–water partition coefficient (Wildman–Crippen LogP) is 9.69. The van der Waals surface area contributed by atoms with Crippen LogP contribution in [0.2, 0.25) is 0 Å². The van der Waals surface area contributed by atoms with Gasteiger partial charge < -0.3 is 9.80 Å². The minimum atomic E-state index is 0.128. The van der Waals surface area contributed by atoms with Crippen LogP contribution in [-0.4, -0.2) is 26.2 Å². The van der Waals surface area contributed by atoms with Gasteiger partial charge in [-0.1, -0.05) is 36.4 Å². The van der Waals surface area contributed by atoms with Crippen LogP contribution in [0, 0.1) is 22.7 Å². The highest BCUT2D eigenvalue weighted by Gasteiger charge is 2.16. The smallest absolute Gasteiger partial charge is 0.139 e. The lowest BCUT2D eigenvalue weighted by molar-refractivity contribution is 0.866. The van der Waals surface area contributed by atoms with E-state index in [0.29, 0.717) is 5.57 Å². The number of anilines is 2. The van der Waals surface area contributed by atoms with Crippen molar-refractivity contribution in [1.82, 2.24) is 0 Å². The molecule has 2 aromatic heterocycles. The van der Waals surface area contributed by atoms with E-state index >= 15 is 0 Å². The van der Waals surface area contributed by atoms with Gasteiger partial charge >= 0.3 is 0 Å². The van der Waals surface area contributed by atoms with E-state index in [1.54, 1.807) is 22.7 Å². The normalized spacial score (nSPS) is 11.0. The number of thiophene rings is 2. The number of nitriles is 2. The molecule has 0 atom stereocenters. The molecule has 0 amide bonds. The first kappa shape index (κ1) is 30.6. The number of allylic oxidation sites excluding steroid dienone is 1. The Labute approximate surface area is 258 Å². The second-order valence-corrected chi connectivity index (χ2v) is 11.8. The van der Waals surface area contributed by atoms with Gasteiger partial charge in [0.15, 0.2) is 0 Å². The maximum atomic E-state index is 9.77. The molecule has 2 heterocycles. The van der Waals surface area contributed by atoms with Crippen molar-refractivity contribution in [3.8, 4) is 12.1 Å². The zero-order valence-electron chi connectivity index (χ0n) is 24.7. The summed E-state index contributed by atoms with van der Waals surface area (Å²) in [7, 11) is 0. The molecule has 2 aromatic carbocycles. The molecule has 0 saturated heterocycles. The van der Waals surface area contributed by atoms with Gasteiger partial charge in [-0.25, -0.2) is 0 Å². The number of hydrogen-bond donors (Lipinski definition) is 0. The lowest BCUT2D eigenvalue weighted by Crippen LogP contribution is -2.21. The average molecular weight is 589 g/mol. The van der Waals surface area contributed by atoms with Crippen LogP contribution in [0.1, 0.15) is 58.3 Å². The van der Waals surface area contributed by atoms with Crippen molar-refractivity contribution in [2.24, 2.45) is 0 Å². The summed E-state index contributed by atoms with van der Waals surface area (Å²) in [5, 5.41) is 19.5. The molecule has 0 fully saturated rings. The second-order valence-electron chi connectivity index (χ2n) is 9.57. The molecule has 0 aliphatic heterocycles. The van der Waals surface area contributed by atoms with E-state index in [0.717, 1.165) is 56.8 Å². The van der Waals surface area contributed by atoms with Crippen LogP contribution in [0.25, 0.3) is 29.9 Å². The molecule has 0 radical (unpaired) electrons. The van der Waals surface area contributed by atoms with Gasteiger partial charge in [0.1, 0.15) is 17.7 Å². The zero-order valence-corrected chi connectivity index (χ0v) is 26.3. The Morgan fingerprint density at radius 1 is 0.571 bits per heavy atom. The quantitative estimate of drug-likeness (QED) is 0.155. The van der Waals surface area contributed by atoms with Crippen LogP contribution in [0.15, 0.2) is 78.4 Å². The first-order valence-electron chi connectivity index (χ1n) is 14.3. The van der Waals surface area contributed by atoms with E-state index < -0.39 is 0 Å². The molecule has 6 heteroatoms. The highest BCUT2D eigenvalue weighted by molar-refractivity contribution is 7.16. The average Bonchev–Trinajstić information content (AvgIpc) is 3.70. The lowest BCUT2D eigenvalue weighted by atomic mass is 10.1. The number of rotatable bonds is 12. The minimum absolute atomic E-state index is 0.128. The standard InChI is InChI=1S/C36H36N4S2/c1-5-39(6-2)30-15-9-27(10-16-30)13-19-32-21-23-34(41-32)36(29(25-37)26-38)35-24-22-33(42-35)20-14-28-11-17-31(18-12-28)40(7-3)8-4/h9-24H,5-8H2,1-4H3/b19-13+,20-14+. The topological polar surface area (TPSA) is 54.1 Å². The number of nitrogens with zero attached hydrogens (tertiary/aromatic N) is 4. The highest BCUT2D eigenvalue weighted by Crippen LogP contribution is 2.37. The predicted molar refractivity (Wildman–Crippen MR) is 184 cm³/mol. The molecule has 0 saturated carbocycles. The maximum Gasteiger partial charge on any atom is 0.139 e. The van der Waals surface area contributed by atoms with Gasteiger partial charge in [0.05, 0.1) is 0 Å². The second kappa shape index (κ2) is 15.0. The van der Waals surface area contributed by atoms with Crippen LogP contribution < -0.4 is 9.80 Å². The molecular formula is C36H36N4S2. The Morgan fingerprint density at radius 3 is 1.29 bits per heavy atom. The van der Waals surface area contributed by atoms with Gasteiger partial charge in [-0.3, -0.25) is 0 Å². The number of hydrogen-bond acceptors (Lipinski definition) is 6. The largest absolute Gasteiger partial charge is 0.372 e. The third kappa shape index (κ3) is 7.47. The fraction of sp³-hybridized carbons (Fsp3) is 0.222. The fourth-order valence-corrected chi connectivity index (χ4v) is 6.80. The monoisotopic (exact) mass is 588 g/mol. The Kier molecular flexibility index (Phi) is 11.0. The summed E-state index contributed by atoms with van der Waals surface area (Å²) in [4.78, 5) is 8.60. The van der Waals surface area contributed by atoms with E-state index in [1.807, 2.05) is 24.3 Å². The van der Waals surface area contributed by atoms with Crippen molar-refractivity contribution in [1.29, 1.82) is 10.5 Å². The number of benzene rings is 2. The van der Waals surface area contributed by atoms with Crippen LogP contribution in [0.3, 0.4) is 0 Å². The molecule has 4 nitrogen and oxygen atoms in total. The van der Waals surface area contributed by atoms with Crippen molar-refractivity contribution < 1.29 is 0 Å². The van der Waals surface area contributed by atoms with Gasteiger partial charge in [0.25, 0.3) is 0 Å². The Balaban J connectivity index is 1.53. The van der Waals surface area contributed by atoms with E-state index in [9.17, 15) is 10.5 Å². The Morgan fingerprint density at radius 2 is 0.952 bits per heavy atom. The zero-order chi connectivity index (χ0) is 29.9. The van der Waals surface area contributed by atoms with Crippen molar-refractivity contribution in [2.75, 3.05) is 36.0 Å². The van der Waals surface area contributed by atoms with Gasteiger partial charge in [-0.15, -0.1) is 22.7 Å².